The number of hydrogen-bond donors (Lipinski definition) is 0. The molecule has 120 valence electrons. The smallest absolute Gasteiger partial charge is 0.231 e. The van der Waals surface area contributed by atoms with Crippen molar-refractivity contribution >= 4 is 17.7 Å². The Bertz CT molecular complexity index is 714. The first-order valence-electron chi connectivity index (χ1n) is 7.90. The number of rotatable bonds is 6. The summed E-state index contributed by atoms with van der Waals surface area (Å²) in [5, 5.41) is 12.7. The van der Waals surface area contributed by atoms with E-state index in [1.54, 1.807) is 11.8 Å². The largest absolute Gasteiger partial charge is 0.337 e. The number of aromatic nitrogens is 4. The molecule has 23 heavy (non-hydrogen) atoms. The molecule has 6 nitrogen and oxygen atoms in total. The van der Waals surface area contributed by atoms with E-state index < -0.39 is 0 Å². The number of benzene rings is 1. The van der Waals surface area contributed by atoms with E-state index in [1.807, 2.05) is 34.7 Å². The topological polar surface area (TPSA) is 63.9 Å². The predicted octanol–water partition coefficient (Wildman–Crippen LogP) is 2.15. The molecule has 1 saturated carbocycles. The summed E-state index contributed by atoms with van der Waals surface area (Å²) in [4.78, 5) is 14.4. The molecule has 0 spiro atoms. The lowest BCUT2D eigenvalue weighted by Crippen LogP contribution is -2.60. The Hall–Kier alpha value is -1.89. The van der Waals surface area contributed by atoms with Crippen molar-refractivity contribution in [1.82, 2.24) is 25.1 Å². The van der Waals surface area contributed by atoms with Gasteiger partial charge in [0.15, 0.2) is 0 Å². The summed E-state index contributed by atoms with van der Waals surface area (Å²) < 4.78 is 1.90. The molecule has 1 unspecified atom stereocenters. The Balaban J connectivity index is 1.35. The van der Waals surface area contributed by atoms with E-state index in [1.165, 1.54) is 5.56 Å². The van der Waals surface area contributed by atoms with Gasteiger partial charge in [-0.15, -0.1) is 5.10 Å². The summed E-state index contributed by atoms with van der Waals surface area (Å²) in [5.41, 5.74) is 0.869. The number of amides is 1. The summed E-state index contributed by atoms with van der Waals surface area (Å²) in [6.45, 7) is 3.52. The molecule has 1 amide bonds. The molecular formula is C16H19N5OS. The predicted molar refractivity (Wildman–Crippen MR) is 86.8 cm³/mol. The fourth-order valence-electron chi connectivity index (χ4n) is 2.94. The Morgan fingerprint density at radius 1 is 1.30 bits per heavy atom. The van der Waals surface area contributed by atoms with Crippen molar-refractivity contribution in [2.24, 2.45) is 5.41 Å². The van der Waals surface area contributed by atoms with Gasteiger partial charge in [-0.3, -0.25) is 4.79 Å². The fraction of sp³-hybridized carbons (Fsp3) is 0.500. The van der Waals surface area contributed by atoms with Crippen molar-refractivity contribution in [3.63, 3.8) is 0 Å². The monoisotopic (exact) mass is 329 g/mol. The highest BCUT2D eigenvalue weighted by atomic mass is 32.2. The van der Waals surface area contributed by atoms with Crippen LogP contribution in [-0.2, 0) is 11.3 Å². The van der Waals surface area contributed by atoms with Gasteiger partial charge in [-0.25, -0.2) is 4.68 Å². The molecule has 1 saturated heterocycles. The van der Waals surface area contributed by atoms with Gasteiger partial charge >= 0.3 is 0 Å². The molecular weight excluding hydrogens is 310 g/mol. The summed E-state index contributed by atoms with van der Waals surface area (Å²) in [6, 6.07) is 10.6. The Morgan fingerprint density at radius 2 is 2.09 bits per heavy atom. The minimum absolute atomic E-state index is 0.222. The van der Waals surface area contributed by atoms with Gasteiger partial charge in [-0.05, 0) is 35.8 Å². The number of nitrogens with zero attached hydrogens (tertiary/aromatic N) is 5. The second-order valence-corrected chi connectivity index (χ2v) is 7.58. The molecule has 2 heterocycles. The van der Waals surface area contributed by atoms with Crippen LogP contribution >= 0.6 is 11.8 Å². The lowest BCUT2D eigenvalue weighted by molar-refractivity contribution is -0.157. The quantitative estimate of drug-likeness (QED) is 0.600. The van der Waals surface area contributed by atoms with Crippen molar-refractivity contribution in [2.45, 2.75) is 37.5 Å². The second kappa shape index (κ2) is 5.63. The average Bonchev–Trinajstić information content (AvgIpc) is 3.31. The normalized spacial score (nSPS) is 23.9. The van der Waals surface area contributed by atoms with Gasteiger partial charge < -0.3 is 4.90 Å². The molecule has 0 radical (unpaired) electrons. The van der Waals surface area contributed by atoms with E-state index in [-0.39, 0.29) is 11.3 Å². The summed E-state index contributed by atoms with van der Waals surface area (Å²) in [5.74, 6) is 0.948. The number of likely N-dealkylation sites (tertiary alicyclic amines) is 1. The van der Waals surface area contributed by atoms with Crippen LogP contribution in [0.3, 0.4) is 0 Å². The van der Waals surface area contributed by atoms with Crippen LogP contribution in [0.25, 0.3) is 0 Å². The lowest BCUT2D eigenvalue weighted by atomic mass is 9.82. The number of β-lactam (4-membered cyclic amide) rings is 1. The van der Waals surface area contributed by atoms with Crippen molar-refractivity contribution < 1.29 is 4.79 Å². The zero-order valence-corrected chi connectivity index (χ0v) is 13.9. The number of hydrogen-bond acceptors (Lipinski definition) is 5. The first-order valence-corrected chi connectivity index (χ1v) is 8.88. The van der Waals surface area contributed by atoms with Crippen LogP contribution in [0.2, 0.25) is 0 Å². The van der Waals surface area contributed by atoms with E-state index in [0.717, 1.165) is 30.3 Å². The minimum atomic E-state index is -0.306. The van der Waals surface area contributed by atoms with E-state index in [2.05, 4.69) is 27.7 Å². The summed E-state index contributed by atoms with van der Waals surface area (Å²) in [7, 11) is 0. The number of carbonyl (C=O) groups excluding carboxylic acids is 1. The maximum atomic E-state index is 12.5. The molecule has 1 atom stereocenters. The molecule has 1 aliphatic carbocycles. The maximum Gasteiger partial charge on any atom is 0.231 e. The van der Waals surface area contributed by atoms with Crippen LogP contribution in [0.4, 0.5) is 0 Å². The number of thioether (sulfide) groups is 1. The van der Waals surface area contributed by atoms with Crippen LogP contribution in [-0.4, -0.2) is 43.3 Å². The van der Waals surface area contributed by atoms with Crippen LogP contribution < -0.4 is 0 Å². The fourth-order valence-corrected chi connectivity index (χ4v) is 4.02. The van der Waals surface area contributed by atoms with E-state index >= 15 is 0 Å². The Morgan fingerprint density at radius 3 is 2.78 bits per heavy atom. The molecule has 2 fully saturated rings. The Kier molecular flexibility index (Phi) is 3.60. The molecule has 1 aromatic heterocycles. The van der Waals surface area contributed by atoms with Crippen LogP contribution in [0.1, 0.15) is 31.4 Å². The highest BCUT2D eigenvalue weighted by molar-refractivity contribution is 7.99. The van der Waals surface area contributed by atoms with Crippen molar-refractivity contribution in [2.75, 3.05) is 12.3 Å². The zero-order chi connectivity index (χ0) is 15.9. The molecule has 0 bridgehead atoms. The second-order valence-electron chi connectivity index (χ2n) is 6.63. The van der Waals surface area contributed by atoms with Crippen molar-refractivity contribution in [1.29, 1.82) is 0 Å². The lowest BCUT2D eigenvalue weighted by Gasteiger charge is -2.46. The van der Waals surface area contributed by atoms with E-state index in [0.29, 0.717) is 12.6 Å². The van der Waals surface area contributed by atoms with Gasteiger partial charge in [0.05, 0.1) is 11.5 Å². The molecule has 1 aromatic carbocycles. The minimum Gasteiger partial charge on any atom is -0.337 e. The molecule has 7 heteroatoms. The van der Waals surface area contributed by atoms with Crippen molar-refractivity contribution in [3.05, 3.63) is 35.9 Å². The molecule has 0 N–H and O–H groups in total. The molecule has 2 aliphatic rings. The zero-order valence-electron chi connectivity index (χ0n) is 13.1. The first-order chi connectivity index (χ1) is 11.2. The standard InChI is InChI=1S/C16H19N5OS/c1-16(11-23-15-17-18-19-21(15)13-7-8-13)10-20(14(16)22)9-12-5-3-2-4-6-12/h2-6,13H,7-11H2,1H3. The van der Waals surface area contributed by atoms with E-state index in [9.17, 15) is 4.79 Å². The molecule has 4 rings (SSSR count). The third kappa shape index (κ3) is 2.85. The highest BCUT2D eigenvalue weighted by Gasteiger charge is 2.48. The average molecular weight is 329 g/mol. The van der Waals surface area contributed by atoms with Crippen LogP contribution in [0.15, 0.2) is 35.5 Å². The van der Waals surface area contributed by atoms with Gasteiger partial charge in [-0.1, -0.05) is 42.1 Å². The third-order valence-corrected chi connectivity index (χ3v) is 5.74. The van der Waals surface area contributed by atoms with Crippen LogP contribution in [0, 0.1) is 5.41 Å². The number of carbonyl (C=O) groups is 1. The summed E-state index contributed by atoms with van der Waals surface area (Å²) >= 11 is 1.60. The van der Waals surface area contributed by atoms with Crippen LogP contribution in [0.5, 0.6) is 0 Å². The highest BCUT2D eigenvalue weighted by Crippen LogP contribution is 2.40. The van der Waals surface area contributed by atoms with Gasteiger partial charge in [0.2, 0.25) is 11.1 Å². The van der Waals surface area contributed by atoms with Gasteiger partial charge in [0.1, 0.15) is 0 Å². The molecule has 1 aliphatic heterocycles. The first kappa shape index (κ1) is 14.7. The van der Waals surface area contributed by atoms with Gasteiger partial charge in [0.25, 0.3) is 0 Å². The summed E-state index contributed by atoms with van der Waals surface area (Å²) in [6.07, 6.45) is 2.30. The van der Waals surface area contributed by atoms with Crippen molar-refractivity contribution in [3.8, 4) is 0 Å². The third-order valence-electron chi connectivity index (χ3n) is 4.43. The van der Waals surface area contributed by atoms with Gasteiger partial charge in [-0.2, -0.15) is 0 Å². The Labute approximate surface area is 139 Å². The number of tetrazole rings is 1. The van der Waals surface area contributed by atoms with Gasteiger partial charge in [0, 0.05) is 18.8 Å². The van der Waals surface area contributed by atoms with E-state index in [4.69, 9.17) is 0 Å². The maximum absolute atomic E-state index is 12.5. The SMILES string of the molecule is CC1(CSc2nnnn2C2CC2)CN(Cc2ccccc2)C1=O. The molecule has 2 aromatic rings.